The zero-order chi connectivity index (χ0) is 32.3. The Kier molecular flexibility index (Phi) is 8.64. The van der Waals surface area contributed by atoms with Gasteiger partial charge in [0.25, 0.3) is 0 Å². The van der Waals surface area contributed by atoms with Gasteiger partial charge in [-0.3, -0.25) is 0 Å². The lowest BCUT2D eigenvalue weighted by Gasteiger charge is -2.27. The molecule has 232 valence electrons. The predicted octanol–water partition coefficient (Wildman–Crippen LogP) is 12.1. The van der Waals surface area contributed by atoms with Gasteiger partial charge in [-0.2, -0.15) is 0 Å². The Morgan fingerprint density at radius 1 is 0.617 bits per heavy atom. The van der Waals surface area contributed by atoms with Crippen LogP contribution in [0, 0.1) is 20.8 Å². The van der Waals surface area contributed by atoms with E-state index in [1.54, 1.807) is 0 Å². The Morgan fingerprint density at radius 2 is 1.30 bits per heavy atom. The molecular formula is C46H43N. The van der Waals surface area contributed by atoms with Crippen molar-refractivity contribution in [2.45, 2.75) is 46.5 Å². The van der Waals surface area contributed by atoms with Crippen LogP contribution in [0.15, 0.2) is 151 Å². The highest BCUT2D eigenvalue weighted by Gasteiger charge is 2.19. The van der Waals surface area contributed by atoms with Crippen molar-refractivity contribution in [2.24, 2.45) is 0 Å². The molecule has 5 aromatic carbocycles. The second-order valence-electron chi connectivity index (χ2n) is 13.1. The molecule has 0 N–H and O–H groups in total. The minimum absolute atomic E-state index is 0.385. The number of aryl methyl sites for hydroxylation is 3. The van der Waals surface area contributed by atoms with E-state index in [9.17, 15) is 0 Å². The maximum absolute atomic E-state index is 2.45. The van der Waals surface area contributed by atoms with Crippen molar-refractivity contribution in [1.82, 2.24) is 0 Å². The molecular weight excluding hydrogens is 567 g/mol. The van der Waals surface area contributed by atoms with E-state index in [2.05, 4.69) is 178 Å². The third kappa shape index (κ3) is 6.31. The summed E-state index contributed by atoms with van der Waals surface area (Å²) in [6, 6.07) is 42.5. The van der Waals surface area contributed by atoms with Crippen LogP contribution in [0.1, 0.15) is 58.2 Å². The Morgan fingerprint density at radius 3 is 2.02 bits per heavy atom. The van der Waals surface area contributed by atoms with Crippen LogP contribution in [-0.2, 0) is 6.42 Å². The number of hydrogen-bond acceptors (Lipinski definition) is 1. The Labute approximate surface area is 280 Å². The fourth-order valence-corrected chi connectivity index (χ4v) is 7.20. The number of hydrogen-bond donors (Lipinski definition) is 0. The molecule has 2 aliphatic rings. The zero-order valence-electron chi connectivity index (χ0n) is 28.0. The van der Waals surface area contributed by atoms with Crippen LogP contribution in [0.3, 0.4) is 0 Å². The van der Waals surface area contributed by atoms with E-state index in [0.29, 0.717) is 5.92 Å². The fraction of sp³-hybridized carbons (Fsp3) is 0.174. The van der Waals surface area contributed by atoms with Crippen LogP contribution in [0.25, 0.3) is 22.3 Å². The Bertz CT molecular complexity index is 2050. The number of fused-ring (bicyclic) bond motifs is 1. The van der Waals surface area contributed by atoms with Gasteiger partial charge in [0.1, 0.15) is 0 Å². The van der Waals surface area contributed by atoms with Gasteiger partial charge in [-0.15, -0.1) is 0 Å². The highest BCUT2D eigenvalue weighted by molar-refractivity contribution is 5.80. The van der Waals surface area contributed by atoms with Crippen molar-refractivity contribution >= 4 is 22.5 Å². The molecule has 0 spiro atoms. The molecule has 1 aliphatic heterocycles. The van der Waals surface area contributed by atoms with Gasteiger partial charge < -0.3 is 4.90 Å². The molecule has 0 amide bonds. The van der Waals surface area contributed by atoms with Crippen LogP contribution < -0.4 is 4.90 Å². The Hall–Kier alpha value is -5.14. The summed E-state index contributed by atoms with van der Waals surface area (Å²) >= 11 is 0. The number of rotatable bonds is 5. The van der Waals surface area contributed by atoms with Gasteiger partial charge in [-0.05, 0) is 119 Å². The summed E-state index contributed by atoms with van der Waals surface area (Å²) in [6.07, 6.45) is 13.6. The van der Waals surface area contributed by atoms with Gasteiger partial charge in [0.15, 0.2) is 0 Å². The number of nitrogens with zero attached hydrogens (tertiary/aromatic N) is 1. The molecule has 7 rings (SSSR count). The van der Waals surface area contributed by atoms with Crippen molar-refractivity contribution in [3.63, 3.8) is 0 Å². The normalized spacial score (nSPS) is 16.3. The van der Waals surface area contributed by atoms with Crippen molar-refractivity contribution in [1.29, 1.82) is 0 Å². The van der Waals surface area contributed by atoms with E-state index < -0.39 is 0 Å². The SMILES string of the molecule is CC1=C(c2ccccc2C)Cc2ccccc2N(c2ccc(C3=CCC(c4ccc(C)c(-c5ccccc5C)c4)C=C3)cc2)CC=C1. The van der Waals surface area contributed by atoms with E-state index in [1.807, 2.05) is 0 Å². The number of para-hydroxylation sites is 1. The van der Waals surface area contributed by atoms with Crippen LogP contribution in [-0.4, -0.2) is 6.54 Å². The summed E-state index contributed by atoms with van der Waals surface area (Å²) in [6.45, 7) is 9.71. The summed E-state index contributed by atoms with van der Waals surface area (Å²) in [5.74, 6) is 0.385. The third-order valence-electron chi connectivity index (χ3n) is 9.99. The molecule has 1 heteroatoms. The molecule has 0 fully saturated rings. The lowest BCUT2D eigenvalue weighted by Crippen LogP contribution is -2.18. The topological polar surface area (TPSA) is 3.24 Å². The largest absolute Gasteiger partial charge is 0.337 e. The number of allylic oxidation sites excluding steroid dienone is 7. The minimum Gasteiger partial charge on any atom is -0.337 e. The predicted molar refractivity (Wildman–Crippen MR) is 202 cm³/mol. The molecule has 0 saturated carbocycles. The summed E-state index contributed by atoms with van der Waals surface area (Å²) in [7, 11) is 0. The third-order valence-corrected chi connectivity index (χ3v) is 9.99. The Balaban J connectivity index is 1.11. The number of anilines is 2. The average Bonchev–Trinajstić information content (AvgIpc) is 3.17. The molecule has 1 aliphatic carbocycles. The molecule has 0 aromatic heterocycles. The summed E-state index contributed by atoms with van der Waals surface area (Å²) in [5.41, 5.74) is 18.5. The molecule has 5 aromatic rings. The lowest BCUT2D eigenvalue weighted by molar-refractivity contribution is 0.856. The van der Waals surface area contributed by atoms with Crippen LogP contribution in [0.5, 0.6) is 0 Å². The van der Waals surface area contributed by atoms with E-state index >= 15 is 0 Å². The second kappa shape index (κ2) is 13.3. The van der Waals surface area contributed by atoms with Gasteiger partial charge in [0.2, 0.25) is 0 Å². The van der Waals surface area contributed by atoms with Gasteiger partial charge in [0, 0.05) is 30.3 Å². The van der Waals surface area contributed by atoms with Gasteiger partial charge in [-0.25, -0.2) is 0 Å². The lowest BCUT2D eigenvalue weighted by atomic mass is 9.85. The van der Waals surface area contributed by atoms with Crippen molar-refractivity contribution in [3.05, 3.63) is 190 Å². The highest BCUT2D eigenvalue weighted by atomic mass is 15.1. The summed E-state index contributed by atoms with van der Waals surface area (Å²) in [4.78, 5) is 2.45. The van der Waals surface area contributed by atoms with E-state index in [4.69, 9.17) is 0 Å². The highest BCUT2D eigenvalue weighted by Crippen LogP contribution is 2.38. The van der Waals surface area contributed by atoms with Gasteiger partial charge in [0.05, 0.1) is 0 Å². The van der Waals surface area contributed by atoms with Gasteiger partial charge in [-0.1, -0.05) is 127 Å². The molecule has 47 heavy (non-hydrogen) atoms. The summed E-state index contributed by atoms with van der Waals surface area (Å²) < 4.78 is 0. The molecule has 1 atom stereocenters. The minimum atomic E-state index is 0.385. The van der Waals surface area contributed by atoms with Crippen LogP contribution in [0.2, 0.25) is 0 Å². The van der Waals surface area contributed by atoms with E-state index in [0.717, 1.165) is 19.4 Å². The number of benzene rings is 5. The first-order valence-corrected chi connectivity index (χ1v) is 16.9. The van der Waals surface area contributed by atoms with Crippen molar-refractivity contribution < 1.29 is 0 Å². The standard InChI is InChI=1S/C46H43N/c1-32-12-5-8-16-42(32)44-30-39(20-19-35(44)4)38-23-21-36(22-24-38)37-25-27-41(28-26-37)47-29-11-14-34(3)45(43-17-9-6-13-33(43)2)31-40-15-7-10-18-46(40)47/h5-23,25-28,30,38H,24,29,31H2,1-4H3. The fourth-order valence-electron chi connectivity index (χ4n) is 7.20. The maximum Gasteiger partial charge on any atom is 0.0449 e. The van der Waals surface area contributed by atoms with Crippen LogP contribution in [0.4, 0.5) is 11.4 Å². The zero-order valence-corrected chi connectivity index (χ0v) is 28.0. The molecule has 1 unspecified atom stereocenters. The van der Waals surface area contributed by atoms with Crippen molar-refractivity contribution in [2.75, 3.05) is 11.4 Å². The van der Waals surface area contributed by atoms with E-state index in [-0.39, 0.29) is 0 Å². The van der Waals surface area contributed by atoms with Crippen molar-refractivity contribution in [3.8, 4) is 11.1 Å². The molecule has 1 heterocycles. The smallest absolute Gasteiger partial charge is 0.0449 e. The van der Waals surface area contributed by atoms with E-state index in [1.165, 1.54) is 78.2 Å². The average molecular weight is 610 g/mol. The monoisotopic (exact) mass is 609 g/mol. The molecule has 0 saturated heterocycles. The summed E-state index contributed by atoms with van der Waals surface area (Å²) in [5, 5.41) is 0. The molecule has 0 bridgehead atoms. The van der Waals surface area contributed by atoms with Crippen LogP contribution >= 0.6 is 0 Å². The molecule has 0 radical (unpaired) electrons. The second-order valence-corrected chi connectivity index (χ2v) is 13.1. The molecule has 1 nitrogen and oxygen atoms in total. The first-order chi connectivity index (χ1) is 23.0. The maximum atomic E-state index is 2.45. The first kappa shape index (κ1) is 30.5. The first-order valence-electron chi connectivity index (χ1n) is 16.9. The quantitative estimate of drug-likeness (QED) is 0.192. The van der Waals surface area contributed by atoms with Gasteiger partial charge >= 0.3 is 0 Å².